The van der Waals surface area contributed by atoms with E-state index in [1.54, 1.807) is 12.1 Å². The number of halogens is 2. The number of nitrogens with one attached hydrogen (secondary N) is 1. The molecule has 0 atom stereocenters. The van der Waals surface area contributed by atoms with Gasteiger partial charge in [0.05, 0.1) is 0 Å². The number of alkyl halides is 2. The SMILES string of the molecule is CNCC1CCN(Cc2ccc(OC(F)F)cc2)CC1. The topological polar surface area (TPSA) is 24.5 Å². The molecule has 0 saturated carbocycles. The van der Waals surface area contributed by atoms with Crippen molar-refractivity contribution in [3.63, 3.8) is 0 Å². The summed E-state index contributed by atoms with van der Waals surface area (Å²) in [6.07, 6.45) is 2.43. The van der Waals surface area contributed by atoms with E-state index in [2.05, 4.69) is 15.0 Å². The molecule has 1 aliphatic rings. The average Bonchev–Trinajstić information content (AvgIpc) is 2.43. The molecule has 20 heavy (non-hydrogen) atoms. The highest BCUT2D eigenvalue weighted by Crippen LogP contribution is 2.20. The molecule has 0 bridgehead atoms. The molecule has 1 aromatic rings. The number of nitrogens with zero attached hydrogens (tertiary/aromatic N) is 1. The Hall–Kier alpha value is -1.20. The van der Waals surface area contributed by atoms with Gasteiger partial charge in [-0.2, -0.15) is 8.78 Å². The van der Waals surface area contributed by atoms with Crippen molar-refractivity contribution < 1.29 is 13.5 Å². The van der Waals surface area contributed by atoms with Gasteiger partial charge in [0, 0.05) is 6.54 Å². The van der Waals surface area contributed by atoms with E-state index in [1.165, 1.54) is 12.8 Å². The number of rotatable bonds is 6. The van der Waals surface area contributed by atoms with Gasteiger partial charge in [-0.05, 0) is 63.1 Å². The normalized spacial score (nSPS) is 17.6. The second-order valence-corrected chi connectivity index (χ2v) is 5.30. The van der Waals surface area contributed by atoms with Gasteiger partial charge < -0.3 is 10.1 Å². The number of piperidine rings is 1. The second kappa shape index (κ2) is 7.55. The van der Waals surface area contributed by atoms with Gasteiger partial charge in [-0.1, -0.05) is 12.1 Å². The molecule has 1 aliphatic heterocycles. The maximum absolute atomic E-state index is 12.1. The van der Waals surface area contributed by atoms with E-state index in [0.29, 0.717) is 0 Å². The van der Waals surface area contributed by atoms with Crippen LogP contribution in [-0.4, -0.2) is 38.2 Å². The molecule has 1 saturated heterocycles. The largest absolute Gasteiger partial charge is 0.435 e. The molecule has 112 valence electrons. The number of ether oxygens (including phenoxy) is 1. The molecule has 0 aliphatic carbocycles. The molecule has 1 N–H and O–H groups in total. The summed E-state index contributed by atoms with van der Waals surface area (Å²) in [6, 6.07) is 6.93. The summed E-state index contributed by atoms with van der Waals surface area (Å²) in [6.45, 7) is 1.41. The van der Waals surface area contributed by atoms with Crippen molar-refractivity contribution in [1.29, 1.82) is 0 Å². The van der Waals surface area contributed by atoms with Gasteiger partial charge in [-0.15, -0.1) is 0 Å². The fourth-order valence-electron chi connectivity index (χ4n) is 2.67. The van der Waals surface area contributed by atoms with Crippen molar-refractivity contribution in [1.82, 2.24) is 10.2 Å². The van der Waals surface area contributed by atoms with Crippen LogP contribution in [0.15, 0.2) is 24.3 Å². The molecule has 2 rings (SSSR count). The Kier molecular flexibility index (Phi) is 5.73. The zero-order valence-corrected chi connectivity index (χ0v) is 11.8. The van der Waals surface area contributed by atoms with Gasteiger partial charge in [0.2, 0.25) is 0 Å². The highest BCUT2D eigenvalue weighted by Gasteiger charge is 2.18. The smallest absolute Gasteiger partial charge is 0.387 e. The summed E-state index contributed by atoms with van der Waals surface area (Å²) in [4.78, 5) is 2.41. The third-order valence-corrected chi connectivity index (χ3v) is 3.75. The van der Waals surface area contributed by atoms with Gasteiger partial charge in [-0.25, -0.2) is 0 Å². The van der Waals surface area contributed by atoms with Crippen LogP contribution in [0.25, 0.3) is 0 Å². The third kappa shape index (κ3) is 4.72. The van der Waals surface area contributed by atoms with Crippen LogP contribution in [0, 0.1) is 5.92 Å². The van der Waals surface area contributed by atoms with Crippen molar-refractivity contribution in [3.8, 4) is 5.75 Å². The van der Waals surface area contributed by atoms with Crippen LogP contribution in [0.5, 0.6) is 5.75 Å². The molecule has 1 aromatic carbocycles. The molecule has 1 fully saturated rings. The molecule has 0 unspecified atom stereocenters. The number of benzene rings is 1. The van der Waals surface area contributed by atoms with E-state index in [4.69, 9.17) is 0 Å². The summed E-state index contributed by atoms with van der Waals surface area (Å²) in [5.74, 6) is 0.995. The van der Waals surface area contributed by atoms with Crippen LogP contribution in [0.3, 0.4) is 0 Å². The zero-order chi connectivity index (χ0) is 14.4. The molecule has 3 nitrogen and oxygen atoms in total. The summed E-state index contributed by atoms with van der Waals surface area (Å²) in [5, 5.41) is 3.23. The van der Waals surface area contributed by atoms with Gasteiger partial charge in [0.1, 0.15) is 5.75 Å². The van der Waals surface area contributed by atoms with E-state index >= 15 is 0 Å². The van der Waals surface area contributed by atoms with Crippen molar-refractivity contribution in [2.75, 3.05) is 26.7 Å². The van der Waals surface area contributed by atoms with E-state index in [0.717, 1.165) is 37.7 Å². The minimum Gasteiger partial charge on any atom is -0.435 e. The molecule has 0 amide bonds. The van der Waals surface area contributed by atoms with Crippen LogP contribution in [0.4, 0.5) is 8.78 Å². The van der Waals surface area contributed by atoms with E-state index in [1.807, 2.05) is 19.2 Å². The fourth-order valence-corrected chi connectivity index (χ4v) is 2.67. The standard InChI is InChI=1S/C15H22F2N2O/c1-18-10-12-6-8-19(9-7-12)11-13-2-4-14(5-3-13)20-15(16)17/h2-5,12,15,18H,6-11H2,1H3. The Labute approximate surface area is 118 Å². The predicted octanol–water partition coefficient (Wildman–Crippen LogP) is 2.72. The summed E-state index contributed by atoms with van der Waals surface area (Å²) in [5.41, 5.74) is 1.14. The lowest BCUT2D eigenvalue weighted by Gasteiger charge is -2.31. The number of hydrogen-bond acceptors (Lipinski definition) is 3. The molecule has 1 heterocycles. The van der Waals surface area contributed by atoms with Gasteiger partial charge in [-0.3, -0.25) is 4.90 Å². The van der Waals surface area contributed by atoms with Crippen LogP contribution >= 0.6 is 0 Å². The highest BCUT2D eigenvalue weighted by atomic mass is 19.3. The van der Waals surface area contributed by atoms with Crippen molar-refractivity contribution in [3.05, 3.63) is 29.8 Å². The van der Waals surface area contributed by atoms with Crippen LogP contribution in [0.2, 0.25) is 0 Å². The minimum atomic E-state index is -2.76. The van der Waals surface area contributed by atoms with Crippen LogP contribution < -0.4 is 10.1 Å². The average molecular weight is 284 g/mol. The van der Waals surface area contributed by atoms with Crippen molar-refractivity contribution >= 4 is 0 Å². The lowest BCUT2D eigenvalue weighted by molar-refractivity contribution is -0.0498. The van der Waals surface area contributed by atoms with E-state index < -0.39 is 6.61 Å². The number of hydrogen-bond donors (Lipinski definition) is 1. The summed E-state index contributed by atoms with van der Waals surface area (Å²) >= 11 is 0. The molecular formula is C15H22F2N2O. The predicted molar refractivity (Wildman–Crippen MR) is 75.0 cm³/mol. The minimum absolute atomic E-state index is 0.219. The molecule has 0 radical (unpaired) electrons. The quantitative estimate of drug-likeness (QED) is 0.869. The van der Waals surface area contributed by atoms with Crippen molar-refractivity contribution in [2.24, 2.45) is 5.92 Å². The Morgan fingerprint density at radius 2 is 1.90 bits per heavy atom. The van der Waals surface area contributed by atoms with Gasteiger partial charge in [0.25, 0.3) is 0 Å². The molecule has 5 heteroatoms. The Morgan fingerprint density at radius 3 is 2.45 bits per heavy atom. The van der Waals surface area contributed by atoms with Crippen molar-refractivity contribution in [2.45, 2.75) is 26.0 Å². The van der Waals surface area contributed by atoms with Crippen LogP contribution in [0.1, 0.15) is 18.4 Å². The van der Waals surface area contributed by atoms with E-state index in [9.17, 15) is 8.78 Å². The maximum atomic E-state index is 12.1. The first-order chi connectivity index (χ1) is 9.67. The Balaban J connectivity index is 1.79. The lowest BCUT2D eigenvalue weighted by Crippen LogP contribution is -2.36. The highest BCUT2D eigenvalue weighted by molar-refractivity contribution is 5.27. The zero-order valence-electron chi connectivity index (χ0n) is 11.8. The molecule has 0 aromatic heterocycles. The maximum Gasteiger partial charge on any atom is 0.387 e. The van der Waals surface area contributed by atoms with Gasteiger partial charge in [0.15, 0.2) is 0 Å². The molecular weight excluding hydrogens is 262 g/mol. The monoisotopic (exact) mass is 284 g/mol. The number of likely N-dealkylation sites (tertiary alicyclic amines) is 1. The second-order valence-electron chi connectivity index (χ2n) is 5.30. The first kappa shape index (κ1) is 15.2. The Morgan fingerprint density at radius 1 is 1.25 bits per heavy atom. The fraction of sp³-hybridized carbons (Fsp3) is 0.600. The summed E-state index contributed by atoms with van der Waals surface area (Å²) in [7, 11) is 2.00. The third-order valence-electron chi connectivity index (χ3n) is 3.75. The first-order valence-electron chi connectivity index (χ1n) is 7.08. The molecule has 0 spiro atoms. The van der Waals surface area contributed by atoms with Gasteiger partial charge >= 0.3 is 6.61 Å². The van der Waals surface area contributed by atoms with E-state index in [-0.39, 0.29) is 5.75 Å². The van der Waals surface area contributed by atoms with Crippen LogP contribution in [-0.2, 0) is 6.54 Å². The summed E-state index contributed by atoms with van der Waals surface area (Å²) < 4.78 is 28.5. The Bertz CT molecular complexity index is 389. The first-order valence-corrected chi connectivity index (χ1v) is 7.08. The lowest BCUT2D eigenvalue weighted by atomic mass is 9.96.